The predicted molar refractivity (Wildman–Crippen MR) is 81.1 cm³/mol. The summed E-state index contributed by atoms with van der Waals surface area (Å²) in [7, 11) is 1.79. The van der Waals surface area contributed by atoms with Gasteiger partial charge in [0.25, 0.3) is 0 Å². The quantitative estimate of drug-likeness (QED) is 0.919. The fourth-order valence-electron chi connectivity index (χ4n) is 2.10. The maximum atomic E-state index is 12.4. The van der Waals surface area contributed by atoms with Crippen molar-refractivity contribution in [3.05, 3.63) is 52.5 Å². The Bertz CT molecular complexity index is 542. The second kappa shape index (κ2) is 6.63. The highest BCUT2D eigenvalue weighted by atomic mass is 32.1. The number of thiazole rings is 1. The number of carbonyl (C=O) groups is 1. The highest BCUT2D eigenvalue weighted by Gasteiger charge is 2.25. The zero-order valence-electron chi connectivity index (χ0n) is 11.7. The summed E-state index contributed by atoms with van der Waals surface area (Å²) in [6, 6.07) is 9.43. The zero-order valence-corrected chi connectivity index (χ0v) is 12.5. The van der Waals surface area contributed by atoms with Gasteiger partial charge in [0.1, 0.15) is 0 Å². The summed E-state index contributed by atoms with van der Waals surface area (Å²) < 4.78 is 0. The van der Waals surface area contributed by atoms with Crippen molar-refractivity contribution in [1.29, 1.82) is 0 Å². The first-order valence-corrected chi connectivity index (χ1v) is 7.46. The molecule has 0 spiro atoms. The van der Waals surface area contributed by atoms with Gasteiger partial charge in [0, 0.05) is 18.5 Å². The SMILES string of the molecule is CC(C(=O)N(C)Cc1cscn1)C(N)c1ccccc1. The van der Waals surface area contributed by atoms with Crippen molar-refractivity contribution in [1.82, 2.24) is 9.88 Å². The van der Waals surface area contributed by atoms with Crippen LogP contribution in [0.1, 0.15) is 24.2 Å². The van der Waals surface area contributed by atoms with Gasteiger partial charge in [-0.25, -0.2) is 4.98 Å². The summed E-state index contributed by atoms with van der Waals surface area (Å²) in [5.74, 6) is -0.226. The number of hydrogen-bond donors (Lipinski definition) is 1. The highest BCUT2D eigenvalue weighted by Crippen LogP contribution is 2.21. The Labute approximate surface area is 123 Å². The molecule has 1 heterocycles. The van der Waals surface area contributed by atoms with Crippen LogP contribution in [0.5, 0.6) is 0 Å². The van der Waals surface area contributed by atoms with Crippen molar-refractivity contribution < 1.29 is 4.79 Å². The van der Waals surface area contributed by atoms with Gasteiger partial charge in [-0.15, -0.1) is 11.3 Å². The maximum absolute atomic E-state index is 12.4. The largest absolute Gasteiger partial charge is 0.340 e. The van der Waals surface area contributed by atoms with E-state index in [1.165, 1.54) is 11.3 Å². The molecule has 2 rings (SSSR count). The summed E-state index contributed by atoms with van der Waals surface area (Å²) in [6.07, 6.45) is 0. The van der Waals surface area contributed by atoms with Crippen LogP contribution in [0.15, 0.2) is 41.2 Å². The fourth-order valence-corrected chi connectivity index (χ4v) is 2.65. The van der Waals surface area contributed by atoms with Crippen molar-refractivity contribution in [2.45, 2.75) is 19.5 Å². The molecule has 20 heavy (non-hydrogen) atoms. The van der Waals surface area contributed by atoms with E-state index >= 15 is 0 Å². The lowest BCUT2D eigenvalue weighted by atomic mass is 9.94. The zero-order chi connectivity index (χ0) is 14.5. The van der Waals surface area contributed by atoms with Crippen molar-refractivity contribution in [3.8, 4) is 0 Å². The van der Waals surface area contributed by atoms with Crippen LogP contribution in [0.2, 0.25) is 0 Å². The molecule has 0 aliphatic heterocycles. The topological polar surface area (TPSA) is 59.2 Å². The summed E-state index contributed by atoms with van der Waals surface area (Å²) >= 11 is 1.53. The third-order valence-electron chi connectivity index (χ3n) is 3.37. The van der Waals surface area contributed by atoms with Crippen LogP contribution in [0.3, 0.4) is 0 Å². The number of rotatable bonds is 5. The molecule has 2 atom stereocenters. The van der Waals surface area contributed by atoms with Crippen molar-refractivity contribution in [2.75, 3.05) is 7.05 Å². The van der Waals surface area contributed by atoms with Gasteiger partial charge in [-0.1, -0.05) is 37.3 Å². The minimum atomic E-state index is -0.290. The Hall–Kier alpha value is -1.72. The summed E-state index contributed by atoms with van der Waals surface area (Å²) in [5, 5.41) is 1.95. The lowest BCUT2D eigenvalue weighted by molar-refractivity contribution is -0.134. The van der Waals surface area contributed by atoms with E-state index in [1.807, 2.05) is 42.6 Å². The van der Waals surface area contributed by atoms with Crippen LogP contribution in [0.25, 0.3) is 0 Å². The molecule has 2 aromatic rings. The molecule has 1 aromatic carbocycles. The number of hydrogen-bond acceptors (Lipinski definition) is 4. The lowest BCUT2D eigenvalue weighted by Gasteiger charge is -2.25. The summed E-state index contributed by atoms with van der Waals surface area (Å²) in [5.41, 5.74) is 9.85. The van der Waals surface area contributed by atoms with Crippen LogP contribution in [-0.4, -0.2) is 22.8 Å². The molecule has 0 bridgehead atoms. The monoisotopic (exact) mass is 289 g/mol. The van der Waals surface area contributed by atoms with Gasteiger partial charge in [-0.05, 0) is 5.56 Å². The highest BCUT2D eigenvalue weighted by molar-refractivity contribution is 7.07. The summed E-state index contributed by atoms with van der Waals surface area (Å²) in [4.78, 5) is 18.3. The second-order valence-corrected chi connectivity index (χ2v) is 5.62. The smallest absolute Gasteiger partial charge is 0.227 e. The number of amides is 1. The molecule has 106 valence electrons. The average molecular weight is 289 g/mol. The lowest BCUT2D eigenvalue weighted by Crippen LogP contribution is -2.36. The van der Waals surface area contributed by atoms with Crippen LogP contribution >= 0.6 is 11.3 Å². The summed E-state index contributed by atoms with van der Waals surface area (Å²) in [6.45, 7) is 2.39. The average Bonchev–Trinajstić information content (AvgIpc) is 2.98. The van der Waals surface area contributed by atoms with E-state index in [4.69, 9.17) is 5.73 Å². The van der Waals surface area contributed by atoms with Gasteiger partial charge >= 0.3 is 0 Å². The van der Waals surface area contributed by atoms with Gasteiger partial charge in [0.15, 0.2) is 0 Å². The van der Waals surface area contributed by atoms with Crippen molar-refractivity contribution in [3.63, 3.8) is 0 Å². The molecule has 0 radical (unpaired) electrons. The Morgan fingerprint density at radius 3 is 2.70 bits per heavy atom. The molecule has 0 fully saturated rings. The van der Waals surface area contributed by atoms with Crippen LogP contribution in [0.4, 0.5) is 0 Å². The number of nitrogens with two attached hydrogens (primary N) is 1. The van der Waals surface area contributed by atoms with Gasteiger partial charge in [0.05, 0.1) is 23.7 Å². The van der Waals surface area contributed by atoms with Crippen LogP contribution < -0.4 is 5.73 Å². The fraction of sp³-hybridized carbons (Fsp3) is 0.333. The van der Waals surface area contributed by atoms with Gasteiger partial charge in [0.2, 0.25) is 5.91 Å². The Morgan fingerprint density at radius 2 is 2.10 bits per heavy atom. The molecule has 0 aliphatic rings. The first-order chi connectivity index (χ1) is 9.59. The van der Waals surface area contributed by atoms with E-state index in [1.54, 1.807) is 17.5 Å². The first-order valence-electron chi connectivity index (χ1n) is 6.52. The molecule has 4 nitrogen and oxygen atoms in total. The molecule has 2 unspecified atom stereocenters. The van der Waals surface area contributed by atoms with Crippen LogP contribution in [0, 0.1) is 5.92 Å². The molecule has 1 amide bonds. The van der Waals surface area contributed by atoms with Gasteiger partial charge in [-0.2, -0.15) is 0 Å². The van der Waals surface area contributed by atoms with E-state index in [9.17, 15) is 4.79 Å². The normalized spacial score (nSPS) is 13.8. The first kappa shape index (κ1) is 14.7. The number of benzene rings is 1. The Balaban J connectivity index is 2.01. The Kier molecular flexibility index (Phi) is 4.87. The van der Waals surface area contributed by atoms with Gasteiger partial charge < -0.3 is 10.6 Å². The minimum Gasteiger partial charge on any atom is -0.340 e. The van der Waals surface area contributed by atoms with E-state index in [0.717, 1.165) is 11.3 Å². The molecule has 1 aromatic heterocycles. The molecular weight excluding hydrogens is 270 g/mol. The van der Waals surface area contributed by atoms with Crippen molar-refractivity contribution in [2.24, 2.45) is 11.7 Å². The number of carbonyl (C=O) groups excluding carboxylic acids is 1. The van der Waals surface area contributed by atoms with E-state index in [0.29, 0.717) is 6.54 Å². The molecular formula is C15H19N3OS. The molecule has 0 saturated carbocycles. The number of nitrogens with zero attached hydrogens (tertiary/aromatic N) is 2. The predicted octanol–water partition coefficient (Wildman–Crippen LogP) is 2.44. The molecule has 0 aliphatic carbocycles. The molecule has 2 N–H and O–H groups in total. The standard InChI is InChI=1S/C15H19N3OS/c1-11(14(16)12-6-4-3-5-7-12)15(19)18(2)8-13-9-20-10-17-13/h3-7,9-11,14H,8,16H2,1-2H3. The van der Waals surface area contributed by atoms with Crippen LogP contribution in [-0.2, 0) is 11.3 Å². The third kappa shape index (κ3) is 3.43. The van der Waals surface area contributed by atoms with E-state index in [-0.39, 0.29) is 17.9 Å². The molecule has 5 heteroatoms. The second-order valence-electron chi connectivity index (χ2n) is 4.90. The molecule has 0 saturated heterocycles. The van der Waals surface area contributed by atoms with E-state index < -0.39 is 0 Å². The minimum absolute atomic E-state index is 0.0364. The van der Waals surface area contributed by atoms with E-state index in [2.05, 4.69) is 4.98 Å². The number of aromatic nitrogens is 1. The maximum Gasteiger partial charge on any atom is 0.227 e. The van der Waals surface area contributed by atoms with Gasteiger partial charge in [-0.3, -0.25) is 4.79 Å². The van der Waals surface area contributed by atoms with Crippen molar-refractivity contribution >= 4 is 17.2 Å². The Morgan fingerprint density at radius 1 is 1.40 bits per heavy atom. The third-order valence-corrected chi connectivity index (χ3v) is 4.01.